The molecule has 0 bridgehead atoms. The Morgan fingerprint density at radius 1 is 1.17 bits per heavy atom. The molecule has 5 nitrogen and oxygen atoms in total. The molecule has 0 aliphatic carbocycles. The first-order valence-electron chi connectivity index (χ1n) is 7.48. The van der Waals surface area contributed by atoms with Crippen molar-refractivity contribution < 1.29 is 14.6 Å². The maximum atomic E-state index is 11.3. The number of ether oxygens (including phenoxy) is 1. The number of H-pyrrole nitrogens is 1. The quantitative estimate of drug-likeness (QED) is 0.594. The van der Waals surface area contributed by atoms with Gasteiger partial charge in [-0.3, -0.25) is 0 Å². The average Bonchev–Trinajstić information content (AvgIpc) is 3.02. The highest BCUT2D eigenvalue weighted by Gasteiger charge is 2.15. The SMILES string of the molecule is Cl.NCCCOc1ccc(-c2ccccc2)c2[nH]c(C(=O)O)cc12. The van der Waals surface area contributed by atoms with Gasteiger partial charge in [-0.15, -0.1) is 12.4 Å². The van der Waals surface area contributed by atoms with Crippen LogP contribution in [0.3, 0.4) is 0 Å². The van der Waals surface area contributed by atoms with Crippen LogP contribution in [0.4, 0.5) is 0 Å². The molecule has 2 aromatic carbocycles. The molecule has 24 heavy (non-hydrogen) atoms. The lowest BCUT2D eigenvalue weighted by atomic mass is 10.0. The normalized spacial score (nSPS) is 10.4. The third-order valence-corrected chi connectivity index (χ3v) is 3.68. The van der Waals surface area contributed by atoms with Gasteiger partial charge in [0.25, 0.3) is 0 Å². The minimum absolute atomic E-state index is 0. The zero-order valence-electron chi connectivity index (χ0n) is 13.0. The van der Waals surface area contributed by atoms with E-state index < -0.39 is 5.97 Å². The Labute approximate surface area is 145 Å². The zero-order chi connectivity index (χ0) is 16.2. The molecule has 4 N–H and O–H groups in total. The lowest BCUT2D eigenvalue weighted by molar-refractivity contribution is 0.0691. The monoisotopic (exact) mass is 346 g/mol. The van der Waals surface area contributed by atoms with Crippen molar-refractivity contribution >= 4 is 29.3 Å². The summed E-state index contributed by atoms with van der Waals surface area (Å²) in [5.41, 5.74) is 8.36. The Balaban J connectivity index is 0.00000208. The minimum Gasteiger partial charge on any atom is -0.493 e. The van der Waals surface area contributed by atoms with Gasteiger partial charge in [0.1, 0.15) is 11.4 Å². The summed E-state index contributed by atoms with van der Waals surface area (Å²) in [5.74, 6) is -0.329. The van der Waals surface area contributed by atoms with E-state index in [4.69, 9.17) is 10.5 Å². The molecule has 6 heteroatoms. The fraction of sp³-hybridized carbons (Fsp3) is 0.167. The van der Waals surface area contributed by atoms with Gasteiger partial charge in [0.2, 0.25) is 0 Å². The van der Waals surface area contributed by atoms with Gasteiger partial charge in [-0.25, -0.2) is 4.79 Å². The summed E-state index contributed by atoms with van der Waals surface area (Å²) in [6, 6.07) is 15.3. The Morgan fingerprint density at radius 3 is 2.58 bits per heavy atom. The standard InChI is InChI=1S/C18H18N2O3.ClH/c19-9-4-10-23-16-8-7-13(12-5-2-1-3-6-12)17-14(16)11-15(20-17)18(21)22;/h1-3,5-8,11,20H,4,9-10,19H2,(H,21,22);1H. The number of hydrogen-bond acceptors (Lipinski definition) is 3. The summed E-state index contributed by atoms with van der Waals surface area (Å²) in [5, 5.41) is 10.0. The van der Waals surface area contributed by atoms with Crippen LogP contribution in [-0.4, -0.2) is 29.2 Å². The van der Waals surface area contributed by atoms with Crippen molar-refractivity contribution in [2.75, 3.05) is 13.2 Å². The highest BCUT2D eigenvalue weighted by molar-refractivity contribution is 6.02. The first kappa shape index (κ1) is 17.8. The number of carbonyl (C=O) groups is 1. The van der Waals surface area contributed by atoms with E-state index in [-0.39, 0.29) is 18.1 Å². The van der Waals surface area contributed by atoms with Crippen LogP contribution in [0.15, 0.2) is 48.5 Å². The van der Waals surface area contributed by atoms with E-state index in [1.807, 2.05) is 42.5 Å². The van der Waals surface area contributed by atoms with E-state index in [2.05, 4.69) is 4.98 Å². The molecule has 0 saturated heterocycles. The first-order chi connectivity index (χ1) is 11.2. The number of benzene rings is 2. The highest BCUT2D eigenvalue weighted by Crippen LogP contribution is 2.34. The molecule has 1 heterocycles. The van der Waals surface area contributed by atoms with E-state index in [0.29, 0.717) is 18.9 Å². The molecular weight excluding hydrogens is 328 g/mol. The predicted molar refractivity (Wildman–Crippen MR) is 97.1 cm³/mol. The zero-order valence-corrected chi connectivity index (χ0v) is 13.8. The predicted octanol–water partition coefficient (Wildman–Crippen LogP) is 3.68. The smallest absolute Gasteiger partial charge is 0.352 e. The number of aromatic carboxylic acids is 1. The lowest BCUT2D eigenvalue weighted by Crippen LogP contribution is -2.06. The topological polar surface area (TPSA) is 88.3 Å². The van der Waals surface area contributed by atoms with Crippen molar-refractivity contribution in [1.82, 2.24) is 4.98 Å². The molecule has 3 aromatic rings. The number of aromatic nitrogens is 1. The number of nitrogens with one attached hydrogen (secondary N) is 1. The summed E-state index contributed by atoms with van der Waals surface area (Å²) < 4.78 is 5.75. The number of rotatable bonds is 6. The van der Waals surface area contributed by atoms with Crippen LogP contribution in [0.5, 0.6) is 5.75 Å². The van der Waals surface area contributed by atoms with Crippen molar-refractivity contribution in [2.45, 2.75) is 6.42 Å². The van der Waals surface area contributed by atoms with Gasteiger partial charge < -0.3 is 20.6 Å². The number of halogens is 1. The first-order valence-corrected chi connectivity index (χ1v) is 7.48. The molecule has 0 aliphatic heterocycles. The highest BCUT2D eigenvalue weighted by atomic mass is 35.5. The fourth-order valence-electron chi connectivity index (χ4n) is 2.56. The van der Waals surface area contributed by atoms with E-state index in [1.54, 1.807) is 6.07 Å². The van der Waals surface area contributed by atoms with Crippen LogP contribution in [0, 0.1) is 0 Å². The van der Waals surface area contributed by atoms with Gasteiger partial charge in [-0.05, 0) is 36.7 Å². The van der Waals surface area contributed by atoms with Crippen LogP contribution in [0.2, 0.25) is 0 Å². The lowest BCUT2D eigenvalue weighted by Gasteiger charge is -2.10. The van der Waals surface area contributed by atoms with Gasteiger partial charge >= 0.3 is 5.97 Å². The Kier molecular flexibility index (Phi) is 5.84. The number of hydrogen-bond donors (Lipinski definition) is 3. The number of carboxylic acid groups (broad SMARTS) is 1. The second-order valence-electron chi connectivity index (χ2n) is 5.24. The van der Waals surface area contributed by atoms with Gasteiger partial charge in [-0.2, -0.15) is 0 Å². The largest absolute Gasteiger partial charge is 0.493 e. The van der Waals surface area contributed by atoms with Crippen LogP contribution in [0.25, 0.3) is 22.0 Å². The molecule has 0 saturated carbocycles. The second kappa shape index (κ2) is 7.86. The molecule has 0 spiro atoms. The van der Waals surface area contributed by atoms with Crippen molar-refractivity contribution in [3.05, 3.63) is 54.2 Å². The van der Waals surface area contributed by atoms with Crippen molar-refractivity contribution in [3.8, 4) is 16.9 Å². The third-order valence-electron chi connectivity index (χ3n) is 3.68. The van der Waals surface area contributed by atoms with Gasteiger partial charge in [0.15, 0.2) is 0 Å². The molecule has 3 rings (SSSR count). The summed E-state index contributed by atoms with van der Waals surface area (Å²) in [4.78, 5) is 14.3. The van der Waals surface area contributed by atoms with E-state index in [9.17, 15) is 9.90 Å². The maximum Gasteiger partial charge on any atom is 0.352 e. The van der Waals surface area contributed by atoms with E-state index in [0.717, 1.165) is 28.5 Å². The van der Waals surface area contributed by atoms with Gasteiger partial charge in [0.05, 0.1) is 12.1 Å². The van der Waals surface area contributed by atoms with Crippen molar-refractivity contribution in [3.63, 3.8) is 0 Å². The van der Waals surface area contributed by atoms with Gasteiger partial charge in [-0.1, -0.05) is 30.3 Å². The maximum absolute atomic E-state index is 11.3. The van der Waals surface area contributed by atoms with E-state index >= 15 is 0 Å². The van der Waals surface area contributed by atoms with Crippen molar-refractivity contribution in [1.29, 1.82) is 0 Å². The molecule has 0 fully saturated rings. The molecule has 0 radical (unpaired) electrons. The molecule has 1 aromatic heterocycles. The Bertz CT molecular complexity index is 831. The molecule has 0 unspecified atom stereocenters. The molecule has 0 amide bonds. The molecule has 0 atom stereocenters. The van der Waals surface area contributed by atoms with E-state index in [1.165, 1.54) is 0 Å². The Morgan fingerprint density at radius 2 is 1.92 bits per heavy atom. The summed E-state index contributed by atoms with van der Waals surface area (Å²) in [6.45, 7) is 1.06. The molecule has 126 valence electrons. The number of nitrogens with two attached hydrogens (primary N) is 1. The van der Waals surface area contributed by atoms with Crippen LogP contribution in [-0.2, 0) is 0 Å². The average molecular weight is 347 g/mol. The molecule has 0 aliphatic rings. The summed E-state index contributed by atoms with van der Waals surface area (Å²) in [7, 11) is 0. The van der Waals surface area contributed by atoms with Crippen molar-refractivity contribution in [2.24, 2.45) is 5.73 Å². The summed E-state index contributed by atoms with van der Waals surface area (Å²) in [6.07, 6.45) is 0.748. The Hall–Kier alpha value is -2.50. The minimum atomic E-state index is -0.992. The second-order valence-corrected chi connectivity index (χ2v) is 5.24. The summed E-state index contributed by atoms with van der Waals surface area (Å²) >= 11 is 0. The molecular formula is C18H19ClN2O3. The van der Waals surface area contributed by atoms with Crippen LogP contribution >= 0.6 is 12.4 Å². The number of fused-ring (bicyclic) bond motifs is 1. The van der Waals surface area contributed by atoms with Crippen LogP contribution in [0.1, 0.15) is 16.9 Å². The number of aromatic amines is 1. The van der Waals surface area contributed by atoms with Gasteiger partial charge in [0, 0.05) is 10.9 Å². The van der Waals surface area contributed by atoms with Crippen LogP contribution < -0.4 is 10.5 Å². The number of carboxylic acids is 1. The third kappa shape index (κ3) is 3.53. The fourth-order valence-corrected chi connectivity index (χ4v) is 2.56.